The lowest BCUT2D eigenvalue weighted by Gasteiger charge is -2.29. The van der Waals surface area contributed by atoms with Gasteiger partial charge in [0.05, 0.1) is 24.9 Å². The number of ether oxygens (including phenoxy) is 1. The molecule has 220 valence electrons. The molecule has 2 aliphatic rings. The Morgan fingerprint density at radius 3 is 2.26 bits per heavy atom. The Morgan fingerprint density at radius 1 is 0.833 bits per heavy atom. The molecule has 3 aromatic carbocycles. The number of hydrogen-bond donors (Lipinski definition) is 2. The van der Waals surface area contributed by atoms with E-state index in [-0.39, 0.29) is 24.1 Å². The van der Waals surface area contributed by atoms with Crippen LogP contribution in [0.25, 0.3) is 0 Å². The number of hydrogen-bond acceptors (Lipinski definition) is 6. The van der Waals surface area contributed by atoms with Crippen LogP contribution in [0.5, 0.6) is 5.75 Å². The van der Waals surface area contributed by atoms with Crippen molar-refractivity contribution in [3.63, 3.8) is 0 Å². The number of carbonyl (C=O) groups is 3. The molecule has 10 heteroatoms. The van der Waals surface area contributed by atoms with Crippen molar-refractivity contribution in [3.8, 4) is 5.75 Å². The van der Waals surface area contributed by atoms with E-state index in [1.54, 1.807) is 37.4 Å². The highest BCUT2D eigenvalue weighted by Gasteiger charge is 2.24. The molecule has 2 heterocycles. The molecular formula is C32H36ClN5O4. The van der Waals surface area contributed by atoms with Crippen LogP contribution in [-0.2, 0) is 11.2 Å². The zero-order valence-corrected chi connectivity index (χ0v) is 24.5. The van der Waals surface area contributed by atoms with Crippen molar-refractivity contribution in [2.75, 3.05) is 69.7 Å². The second-order valence-electron chi connectivity index (χ2n) is 10.5. The van der Waals surface area contributed by atoms with Crippen LogP contribution in [0.2, 0.25) is 5.02 Å². The zero-order valence-electron chi connectivity index (χ0n) is 23.8. The van der Waals surface area contributed by atoms with Gasteiger partial charge in [-0.3, -0.25) is 14.4 Å². The van der Waals surface area contributed by atoms with Gasteiger partial charge in [0.2, 0.25) is 5.91 Å². The maximum Gasteiger partial charge on any atom is 0.254 e. The van der Waals surface area contributed by atoms with E-state index in [9.17, 15) is 14.4 Å². The highest BCUT2D eigenvalue weighted by atomic mass is 35.5. The van der Waals surface area contributed by atoms with Crippen molar-refractivity contribution in [1.29, 1.82) is 0 Å². The monoisotopic (exact) mass is 589 g/mol. The van der Waals surface area contributed by atoms with Crippen molar-refractivity contribution in [2.45, 2.75) is 12.8 Å². The Hall–Kier alpha value is -4.08. The molecule has 3 aromatic rings. The summed E-state index contributed by atoms with van der Waals surface area (Å²) in [6.45, 7) is 5.21. The predicted molar refractivity (Wildman–Crippen MR) is 165 cm³/mol. The number of nitrogens with zero attached hydrogens (tertiary/aromatic N) is 3. The number of piperazine rings is 1. The summed E-state index contributed by atoms with van der Waals surface area (Å²) in [4.78, 5) is 45.6. The lowest BCUT2D eigenvalue weighted by atomic mass is 10.1. The van der Waals surface area contributed by atoms with Gasteiger partial charge in [0.25, 0.3) is 11.8 Å². The molecule has 0 aromatic heterocycles. The number of anilines is 2. The van der Waals surface area contributed by atoms with Gasteiger partial charge in [-0.1, -0.05) is 29.8 Å². The number of halogens is 1. The van der Waals surface area contributed by atoms with E-state index in [0.29, 0.717) is 61.1 Å². The van der Waals surface area contributed by atoms with Gasteiger partial charge in [-0.05, 0) is 60.5 Å². The Morgan fingerprint density at radius 2 is 1.55 bits per heavy atom. The van der Waals surface area contributed by atoms with Gasteiger partial charge in [0, 0.05) is 68.5 Å². The average molecular weight is 590 g/mol. The molecule has 2 aliphatic heterocycles. The minimum absolute atomic E-state index is 0.0515. The Balaban J connectivity index is 1.35. The van der Waals surface area contributed by atoms with E-state index in [2.05, 4.69) is 15.5 Å². The molecule has 0 saturated carbocycles. The van der Waals surface area contributed by atoms with E-state index in [1.807, 2.05) is 46.2 Å². The first-order valence-corrected chi connectivity index (χ1v) is 14.7. The molecule has 2 fully saturated rings. The van der Waals surface area contributed by atoms with Crippen LogP contribution < -0.4 is 20.3 Å². The van der Waals surface area contributed by atoms with Crippen molar-refractivity contribution in [1.82, 2.24) is 15.1 Å². The van der Waals surface area contributed by atoms with E-state index in [1.165, 1.54) is 0 Å². The van der Waals surface area contributed by atoms with Gasteiger partial charge in [0.15, 0.2) is 0 Å². The minimum Gasteiger partial charge on any atom is -0.497 e. The maximum absolute atomic E-state index is 13.3. The molecule has 0 unspecified atom stereocenters. The standard InChI is InChI=1S/C32H36ClN5O4/c1-42-27-9-6-23(7-10-27)20-30(39)35-28-22-25(32(41)38-16-12-34-13-17-38)8-11-29(28)36-14-3-15-37(19-18-36)31(40)24-4-2-5-26(33)21-24/h2,4-11,21-22,34H,3,12-20H2,1H3,(H,35,39). The van der Waals surface area contributed by atoms with Gasteiger partial charge >= 0.3 is 0 Å². The molecule has 0 spiro atoms. The Bertz CT molecular complexity index is 1420. The predicted octanol–water partition coefficient (Wildman–Crippen LogP) is 3.93. The molecule has 2 N–H and O–H groups in total. The fourth-order valence-electron chi connectivity index (χ4n) is 5.38. The van der Waals surface area contributed by atoms with E-state index < -0.39 is 0 Å². The SMILES string of the molecule is COc1ccc(CC(=O)Nc2cc(C(=O)N3CCNCC3)ccc2N2CCCN(C(=O)c3cccc(Cl)c3)CC2)cc1. The zero-order chi connectivity index (χ0) is 29.5. The van der Waals surface area contributed by atoms with Crippen LogP contribution >= 0.6 is 11.6 Å². The topological polar surface area (TPSA) is 94.2 Å². The third-order valence-corrected chi connectivity index (χ3v) is 7.88. The van der Waals surface area contributed by atoms with Gasteiger partial charge < -0.3 is 30.1 Å². The molecule has 9 nitrogen and oxygen atoms in total. The smallest absolute Gasteiger partial charge is 0.254 e. The first kappa shape index (κ1) is 29.4. The van der Waals surface area contributed by atoms with Crippen molar-refractivity contribution in [3.05, 3.63) is 88.4 Å². The lowest BCUT2D eigenvalue weighted by Crippen LogP contribution is -2.46. The van der Waals surface area contributed by atoms with E-state index in [0.717, 1.165) is 36.5 Å². The second-order valence-corrected chi connectivity index (χ2v) is 10.9. The van der Waals surface area contributed by atoms with Crippen molar-refractivity contribution < 1.29 is 19.1 Å². The van der Waals surface area contributed by atoms with Crippen molar-refractivity contribution in [2.24, 2.45) is 0 Å². The third-order valence-electron chi connectivity index (χ3n) is 7.64. The van der Waals surface area contributed by atoms with Crippen LogP contribution in [0.4, 0.5) is 11.4 Å². The maximum atomic E-state index is 13.3. The number of amides is 3. The van der Waals surface area contributed by atoms with Crippen molar-refractivity contribution >= 4 is 40.7 Å². The summed E-state index contributed by atoms with van der Waals surface area (Å²) in [7, 11) is 1.60. The minimum atomic E-state index is -0.180. The number of benzene rings is 3. The Labute approximate surface area is 251 Å². The Kier molecular flexibility index (Phi) is 9.61. The molecule has 2 saturated heterocycles. The van der Waals surface area contributed by atoms with E-state index >= 15 is 0 Å². The first-order valence-electron chi connectivity index (χ1n) is 14.3. The second kappa shape index (κ2) is 13.7. The summed E-state index contributed by atoms with van der Waals surface area (Å²) in [6.07, 6.45) is 0.939. The summed E-state index contributed by atoms with van der Waals surface area (Å²) in [5.41, 5.74) is 3.37. The summed E-state index contributed by atoms with van der Waals surface area (Å²) in [5, 5.41) is 6.88. The molecule has 0 atom stereocenters. The number of nitrogens with one attached hydrogen (secondary N) is 2. The van der Waals surface area contributed by atoms with Crippen LogP contribution in [0.1, 0.15) is 32.7 Å². The third kappa shape index (κ3) is 7.21. The van der Waals surface area contributed by atoms with Gasteiger partial charge in [-0.25, -0.2) is 0 Å². The number of carbonyl (C=O) groups excluding carboxylic acids is 3. The molecule has 0 bridgehead atoms. The fraction of sp³-hybridized carbons (Fsp3) is 0.344. The summed E-state index contributed by atoms with van der Waals surface area (Å²) in [5.74, 6) is 0.442. The average Bonchev–Trinajstić information content (AvgIpc) is 3.27. The van der Waals surface area contributed by atoms with Gasteiger partial charge in [0.1, 0.15) is 5.75 Å². The number of rotatable bonds is 7. The molecule has 5 rings (SSSR count). The van der Waals surface area contributed by atoms with Crippen LogP contribution in [-0.4, -0.2) is 87.0 Å². The molecule has 0 aliphatic carbocycles. The molecular weight excluding hydrogens is 554 g/mol. The quantitative estimate of drug-likeness (QED) is 0.434. The largest absolute Gasteiger partial charge is 0.497 e. The highest BCUT2D eigenvalue weighted by molar-refractivity contribution is 6.31. The lowest BCUT2D eigenvalue weighted by molar-refractivity contribution is -0.115. The van der Waals surface area contributed by atoms with Crippen LogP contribution in [0.15, 0.2) is 66.7 Å². The molecule has 3 amide bonds. The van der Waals surface area contributed by atoms with Crippen LogP contribution in [0.3, 0.4) is 0 Å². The summed E-state index contributed by atoms with van der Waals surface area (Å²) >= 11 is 6.12. The number of methoxy groups -OCH3 is 1. The van der Waals surface area contributed by atoms with E-state index in [4.69, 9.17) is 16.3 Å². The highest BCUT2D eigenvalue weighted by Crippen LogP contribution is 2.30. The summed E-state index contributed by atoms with van der Waals surface area (Å²) in [6, 6.07) is 19.9. The molecule has 42 heavy (non-hydrogen) atoms. The fourth-order valence-corrected chi connectivity index (χ4v) is 5.57. The van der Waals surface area contributed by atoms with Gasteiger partial charge in [-0.2, -0.15) is 0 Å². The van der Waals surface area contributed by atoms with Crippen LogP contribution in [0, 0.1) is 0 Å². The first-order chi connectivity index (χ1) is 20.4. The normalized spacial score (nSPS) is 15.6. The van der Waals surface area contributed by atoms with Gasteiger partial charge in [-0.15, -0.1) is 0 Å². The molecule has 0 radical (unpaired) electrons. The summed E-state index contributed by atoms with van der Waals surface area (Å²) < 4.78 is 5.22.